The van der Waals surface area contributed by atoms with Crippen LogP contribution < -0.4 is 28.7 Å². The van der Waals surface area contributed by atoms with E-state index in [1.807, 2.05) is 72.8 Å². The van der Waals surface area contributed by atoms with E-state index < -0.39 is 0 Å². The number of ether oxygens (including phenoxy) is 4. The number of carbonyl (C=O) groups excluding carboxylic acids is 2. The highest BCUT2D eigenvalue weighted by molar-refractivity contribution is 6.05. The Bertz CT molecular complexity index is 1480. The van der Waals surface area contributed by atoms with Crippen molar-refractivity contribution in [2.75, 3.05) is 51.3 Å². The van der Waals surface area contributed by atoms with Gasteiger partial charge in [-0.25, -0.2) is 0 Å². The third-order valence-electron chi connectivity index (χ3n) is 6.87. The number of methoxy groups -OCH3 is 4. The van der Waals surface area contributed by atoms with Crippen molar-refractivity contribution in [1.82, 2.24) is 0 Å². The fourth-order valence-corrected chi connectivity index (χ4v) is 4.58. The van der Waals surface area contributed by atoms with E-state index in [0.29, 0.717) is 23.0 Å². The number of carbonyl (C=O) groups is 2. The number of rotatable bonds is 13. The van der Waals surface area contributed by atoms with Crippen molar-refractivity contribution >= 4 is 35.3 Å². The van der Waals surface area contributed by atoms with Crippen molar-refractivity contribution in [3.8, 4) is 23.0 Å². The molecular formula is C36H36N2O6. The maximum atomic E-state index is 13.6. The summed E-state index contributed by atoms with van der Waals surface area (Å²) in [5.74, 6) is 1.89. The lowest BCUT2D eigenvalue weighted by Gasteiger charge is -2.27. The number of benzene rings is 4. The Hall–Kier alpha value is -5.50. The van der Waals surface area contributed by atoms with Crippen molar-refractivity contribution in [3.63, 3.8) is 0 Å². The molecule has 0 aliphatic heterocycles. The minimum Gasteiger partial charge on any atom is -0.493 e. The molecule has 44 heavy (non-hydrogen) atoms. The molecule has 2 amide bonds. The first-order chi connectivity index (χ1) is 21.5. The van der Waals surface area contributed by atoms with Gasteiger partial charge >= 0.3 is 0 Å². The lowest BCUT2D eigenvalue weighted by Crippen LogP contribution is -2.40. The molecule has 0 bridgehead atoms. The van der Waals surface area contributed by atoms with Gasteiger partial charge in [0, 0.05) is 36.6 Å². The van der Waals surface area contributed by atoms with Crippen molar-refractivity contribution < 1.29 is 28.5 Å². The molecule has 0 atom stereocenters. The summed E-state index contributed by atoms with van der Waals surface area (Å²) < 4.78 is 21.4. The highest BCUT2D eigenvalue weighted by atomic mass is 16.5. The Kier molecular flexibility index (Phi) is 11.2. The number of hydrogen-bond acceptors (Lipinski definition) is 6. The SMILES string of the molecule is COc1ccc(C=CC(=O)N(CCN(C(=O)C=Cc2ccc(OC)c(OC)c2)c2ccccc2)c2ccccc2)cc1OC. The summed E-state index contributed by atoms with van der Waals surface area (Å²) in [5.41, 5.74) is 3.00. The first kappa shape index (κ1) is 31.4. The van der Waals surface area contributed by atoms with Crippen LogP contribution in [0.4, 0.5) is 11.4 Å². The van der Waals surface area contributed by atoms with E-state index in [1.165, 1.54) is 12.2 Å². The third-order valence-corrected chi connectivity index (χ3v) is 6.87. The minimum absolute atomic E-state index is 0.229. The Morgan fingerprint density at radius 1 is 0.523 bits per heavy atom. The van der Waals surface area contributed by atoms with Gasteiger partial charge in [0.1, 0.15) is 0 Å². The topological polar surface area (TPSA) is 77.5 Å². The van der Waals surface area contributed by atoms with Crippen LogP contribution in [-0.4, -0.2) is 53.3 Å². The van der Waals surface area contributed by atoms with Crippen LogP contribution in [0.1, 0.15) is 11.1 Å². The summed E-state index contributed by atoms with van der Waals surface area (Å²) in [7, 11) is 6.28. The fraction of sp³-hybridized carbons (Fsp3) is 0.167. The molecule has 0 spiro atoms. The maximum Gasteiger partial charge on any atom is 0.251 e. The lowest BCUT2D eigenvalue weighted by molar-refractivity contribution is -0.115. The molecular weight excluding hydrogens is 556 g/mol. The molecule has 8 nitrogen and oxygen atoms in total. The summed E-state index contributed by atoms with van der Waals surface area (Å²) in [6.07, 6.45) is 6.48. The monoisotopic (exact) mass is 592 g/mol. The molecule has 8 heteroatoms. The van der Waals surface area contributed by atoms with Gasteiger partial charge in [0.25, 0.3) is 11.8 Å². The molecule has 4 aromatic rings. The van der Waals surface area contributed by atoms with Crippen LogP contribution in [0.2, 0.25) is 0 Å². The summed E-state index contributed by atoms with van der Waals surface area (Å²) in [6.45, 7) is 0.508. The number of amides is 2. The first-order valence-electron chi connectivity index (χ1n) is 14.0. The third kappa shape index (κ3) is 8.07. The second-order valence-corrected chi connectivity index (χ2v) is 9.55. The smallest absolute Gasteiger partial charge is 0.251 e. The molecule has 0 unspecified atom stereocenters. The molecule has 0 saturated heterocycles. The maximum absolute atomic E-state index is 13.6. The van der Waals surface area contributed by atoms with Gasteiger partial charge < -0.3 is 28.7 Å². The predicted octanol–water partition coefficient (Wildman–Crippen LogP) is 6.51. The highest BCUT2D eigenvalue weighted by Crippen LogP contribution is 2.29. The van der Waals surface area contributed by atoms with Crippen molar-refractivity contribution in [2.45, 2.75) is 0 Å². The summed E-state index contributed by atoms with van der Waals surface area (Å²) in [4.78, 5) is 30.5. The predicted molar refractivity (Wildman–Crippen MR) is 175 cm³/mol. The van der Waals surface area contributed by atoms with Gasteiger partial charge in [-0.3, -0.25) is 9.59 Å². The van der Waals surface area contributed by atoms with E-state index in [9.17, 15) is 9.59 Å². The van der Waals surface area contributed by atoms with E-state index in [4.69, 9.17) is 18.9 Å². The zero-order chi connectivity index (χ0) is 31.3. The number of anilines is 2. The molecule has 226 valence electrons. The molecule has 0 saturated carbocycles. The van der Waals surface area contributed by atoms with Crippen molar-refractivity contribution in [1.29, 1.82) is 0 Å². The number of nitrogens with zero attached hydrogens (tertiary/aromatic N) is 2. The van der Waals surface area contributed by atoms with Gasteiger partial charge in [-0.1, -0.05) is 48.5 Å². The Morgan fingerprint density at radius 3 is 1.23 bits per heavy atom. The molecule has 0 aliphatic rings. The zero-order valence-electron chi connectivity index (χ0n) is 25.3. The second kappa shape index (κ2) is 15.7. The van der Waals surface area contributed by atoms with E-state index in [2.05, 4.69) is 0 Å². The molecule has 0 aromatic heterocycles. The highest BCUT2D eigenvalue weighted by Gasteiger charge is 2.19. The number of para-hydroxylation sites is 2. The van der Waals surface area contributed by atoms with Crippen LogP contribution >= 0.6 is 0 Å². The summed E-state index contributed by atoms with van der Waals surface area (Å²) in [5, 5.41) is 0. The Balaban J connectivity index is 1.57. The molecule has 4 aromatic carbocycles. The zero-order valence-corrected chi connectivity index (χ0v) is 25.3. The van der Waals surface area contributed by atoms with E-state index in [-0.39, 0.29) is 24.9 Å². The lowest BCUT2D eigenvalue weighted by atomic mass is 10.1. The van der Waals surface area contributed by atoms with Gasteiger partial charge in [0.15, 0.2) is 23.0 Å². The van der Waals surface area contributed by atoms with Gasteiger partial charge in [-0.05, 0) is 71.8 Å². The number of hydrogen-bond donors (Lipinski definition) is 0. The van der Waals surface area contributed by atoms with Crippen LogP contribution in [-0.2, 0) is 9.59 Å². The van der Waals surface area contributed by atoms with Crippen LogP contribution in [0, 0.1) is 0 Å². The molecule has 0 heterocycles. The van der Waals surface area contributed by atoms with Crippen LogP contribution in [0.15, 0.2) is 109 Å². The van der Waals surface area contributed by atoms with E-state index in [0.717, 1.165) is 22.5 Å². The fourth-order valence-electron chi connectivity index (χ4n) is 4.58. The van der Waals surface area contributed by atoms with Gasteiger partial charge in [0.2, 0.25) is 0 Å². The average Bonchev–Trinajstić information content (AvgIpc) is 3.08. The molecule has 4 rings (SSSR count). The molecule has 0 radical (unpaired) electrons. The van der Waals surface area contributed by atoms with Crippen LogP contribution in [0.3, 0.4) is 0 Å². The molecule has 0 fully saturated rings. The quantitative estimate of drug-likeness (QED) is 0.165. The van der Waals surface area contributed by atoms with Gasteiger partial charge in [-0.15, -0.1) is 0 Å². The van der Waals surface area contributed by atoms with E-state index >= 15 is 0 Å². The first-order valence-corrected chi connectivity index (χ1v) is 14.0. The Labute approximate surface area is 258 Å². The standard InChI is InChI=1S/C36H36N2O6/c1-41-31-19-15-27(25-33(31)43-3)17-21-35(39)37(29-11-7-5-8-12-29)23-24-38(30-13-9-6-10-14-30)36(40)22-18-28-16-20-32(42-2)34(26-28)44-4/h5-22,25-26H,23-24H2,1-4H3. The summed E-state index contributed by atoms with van der Waals surface area (Å²) in [6, 6.07) is 29.6. The minimum atomic E-state index is -0.229. The average molecular weight is 593 g/mol. The second-order valence-electron chi connectivity index (χ2n) is 9.55. The van der Waals surface area contributed by atoms with Gasteiger partial charge in [0.05, 0.1) is 28.4 Å². The Morgan fingerprint density at radius 2 is 0.886 bits per heavy atom. The van der Waals surface area contributed by atoms with Crippen LogP contribution in [0.25, 0.3) is 12.2 Å². The van der Waals surface area contributed by atoms with E-state index in [1.54, 1.807) is 74.7 Å². The van der Waals surface area contributed by atoms with Gasteiger partial charge in [-0.2, -0.15) is 0 Å². The van der Waals surface area contributed by atoms with Crippen molar-refractivity contribution in [2.24, 2.45) is 0 Å². The molecule has 0 N–H and O–H groups in total. The van der Waals surface area contributed by atoms with Crippen LogP contribution in [0.5, 0.6) is 23.0 Å². The largest absolute Gasteiger partial charge is 0.493 e. The normalized spacial score (nSPS) is 10.9. The summed E-state index contributed by atoms with van der Waals surface area (Å²) >= 11 is 0. The van der Waals surface area contributed by atoms with Crippen molar-refractivity contribution in [3.05, 3.63) is 120 Å². The molecule has 0 aliphatic carbocycles.